The summed E-state index contributed by atoms with van der Waals surface area (Å²) in [5, 5.41) is 1.32. The van der Waals surface area contributed by atoms with Gasteiger partial charge in [0.2, 0.25) is 0 Å². The van der Waals surface area contributed by atoms with E-state index in [1.165, 1.54) is 40.1 Å². The molecule has 4 heteroatoms. The first kappa shape index (κ1) is 13.7. The molecule has 1 aromatic heterocycles. The van der Waals surface area contributed by atoms with Crippen LogP contribution in [0.25, 0.3) is 10.9 Å². The van der Waals surface area contributed by atoms with Crippen LogP contribution in [-0.4, -0.2) is 35.6 Å². The molecule has 0 unspecified atom stereocenters. The Hall–Kier alpha value is -1.26. The molecular weight excluding hydrogens is 270 g/mol. The molecule has 0 spiro atoms. The summed E-state index contributed by atoms with van der Waals surface area (Å²) in [6.07, 6.45) is 4.88. The van der Waals surface area contributed by atoms with E-state index >= 15 is 0 Å². The molecule has 0 saturated carbocycles. The molecule has 1 fully saturated rings. The van der Waals surface area contributed by atoms with E-state index in [0.29, 0.717) is 17.4 Å². The number of hydrogen-bond acceptors (Lipinski definition) is 2. The molecule has 3 nitrogen and oxygen atoms in total. The molecule has 2 heterocycles. The van der Waals surface area contributed by atoms with Gasteiger partial charge in [0.05, 0.1) is 23.6 Å². The lowest BCUT2D eigenvalue weighted by molar-refractivity contribution is -0.123. The fourth-order valence-corrected chi connectivity index (χ4v) is 5.35. The summed E-state index contributed by atoms with van der Waals surface area (Å²) in [4.78, 5) is 13.3. The Bertz CT molecular complexity index is 614. The van der Waals surface area contributed by atoms with Crippen molar-refractivity contribution in [1.82, 2.24) is 4.57 Å². The van der Waals surface area contributed by atoms with Gasteiger partial charge in [-0.05, 0) is 25.0 Å². The van der Waals surface area contributed by atoms with Gasteiger partial charge in [-0.2, -0.15) is 0 Å². The molecule has 0 radical (unpaired) electrons. The number of benzene rings is 1. The van der Waals surface area contributed by atoms with E-state index < -0.39 is 0 Å². The summed E-state index contributed by atoms with van der Waals surface area (Å²) in [5.41, 5.74) is 1.17. The lowest BCUT2D eigenvalue weighted by atomic mass is 10.2. The number of rotatable bonds is 5. The molecule has 1 aliphatic rings. The van der Waals surface area contributed by atoms with Crippen LogP contribution in [0, 0.1) is 0 Å². The number of nitrogens with zero attached hydrogens (tertiary/aromatic N) is 1. The number of hydrogen-bond donors (Lipinski definition) is 0. The Balaban J connectivity index is 1.97. The maximum absolute atomic E-state index is 11.8. The summed E-state index contributed by atoms with van der Waals surface area (Å²) in [5.74, 6) is 2.73. The zero-order valence-corrected chi connectivity index (χ0v) is 12.6. The van der Waals surface area contributed by atoms with Crippen molar-refractivity contribution in [1.29, 1.82) is 0 Å². The zero-order valence-electron chi connectivity index (χ0n) is 11.8. The average Bonchev–Trinajstić information content (AvgIpc) is 3.07. The SMILES string of the molecule is COCC(=O)Cn1cc([S+]2CCCC2)c2ccccc21. The fourth-order valence-electron chi connectivity index (χ4n) is 2.85. The third kappa shape index (κ3) is 2.63. The van der Waals surface area contributed by atoms with Crippen LogP contribution in [0.2, 0.25) is 0 Å². The molecule has 106 valence electrons. The highest BCUT2D eigenvalue weighted by molar-refractivity contribution is 7.97. The summed E-state index contributed by atoms with van der Waals surface area (Å²) in [7, 11) is 1.94. The van der Waals surface area contributed by atoms with Crippen LogP contribution >= 0.6 is 0 Å². The van der Waals surface area contributed by atoms with Crippen LogP contribution in [0.4, 0.5) is 0 Å². The maximum atomic E-state index is 11.8. The molecule has 3 rings (SSSR count). The number of methoxy groups -OCH3 is 1. The molecule has 20 heavy (non-hydrogen) atoms. The fraction of sp³-hybridized carbons (Fsp3) is 0.438. The summed E-state index contributed by atoms with van der Waals surface area (Å²) in [6, 6.07) is 8.43. The minimum Gasteiger partial charge on any atom is -0.377 e. The molecule has 0 atom stereocenters. The molecule has 0 N–H and O–H groups in total. The van der Waals surface area contributed by atoms with Crippen LogP contribution in [0.1, 0.15) is 12.8 Å². The van der Waals surface area contributed by atoms with Gasteiger partial charge >= 0.3 is 0 Å². The van der Waals surface area contributed by atoms with Crippen molar-refractivity contribution in [3.8, 4) is 0 Å². The van der Waals surface area contributed by atoms with Crippen molar-refractivity contribution in [2.45, 2.75) is 24.3 Å². The largest absolute Gasteiger partial charge is 0.377 e. The van der Waals surface area contributed by atoms with Gasteiger partial charge < -0.3 is 9.30 Å². The van der Waals surface area contributed by atoms with Crippen molar-refractivity contribution in [3.05, 3.63) is 30.5 Å². The minimum absolute atomic E-state index is 0.120. The second-order valence-corrected chi connectivity index (χ2v) is 7.46. The number of fused-ring (bicyclic) bond motifs is 1. The van der Waals surface area contributed by atoms with Gasteiger partial charge in [0.15, 0.2) is 10.7 Å². The van der Waals surface area contributed by atoms with Crippen LogP contribution in [-0.2, 0) is 27.0 Å². The van der Waals surface area contributed by atoms with Gasteiger partial charge in [-0.15, -0.1) is 0 Å². The Labute approximate surface area is 122 Å². The number of ether oxygens (including phenoxy) is 1. The van der Waals surface area contributed by atoms with E-state index in [1.807, 2.05) is 6.07 Å². The number of carbonyl (C=O) groups excluding carboxylic acids is 1. The van der Waals surface area contributed by atoms with Gasteiger partial charge in [0.25, 0.3) is 0 Å². The van der Waals surface area contributed by atoms with Gasteiger partial charge in [0.1, 0.15) is 18.1 Å². The lowest BCUT2D eigenvalue weighted by Crippen LogP contribution is -2.14. The topological polar surface area (TPSA) is 31.2 Å². The first-order valence-corrected chi connectivity index (χ1v) is 8.62. The van der Waals surface area contributed by atoms with Crippen LogP contribution < -0.4 is 0 Å². The monoisotopic (exact) mass is 290 g/mol. The third-order valence-corrected chi connectivity index (χ3v) is 6.26. The van der Waals surface area contributed by atoms with E-state index in [9.17, 15) is 4.79 Å². The first-order valence-electron chi connectivity index (χ1n) is 7.05. The molecule has 0 aliphatic carbocycles. The number of ketones is 1. The summed E-state index contributed by atoms with van der Waals surface area (Å²) < 4.78 is 7.03. The number of Topliss-reactive ketones (excluding diaryl/α,β-unsaturated/α-hetero) is 1. The number of carbonyl (C=O) groups is 1. The highest BCUT2D eigenvalue weighted by Gasteiger charge is 2.30. The smallest absolute Gasteiger partial charge is 0.180 e. The van der Waals surface area contributed by atoms with Gasteiger partial charge in [-0.3, -0.25) is 4.79 Å². The molecular formula is C16H20NO2S+. The van der Waals surface area contributed by atoms with Crippen LogP contribution in [0.3, 0.4) is 0 Å². The Kier molecular flexibility index (Phi) is 4.13. The first-order chi connectivity index (χ1) is 9.79. The van der Waals surface area contributed by atoms with Crippen molar-refractivity contribution in [2.24, 2.45) is 0 Å². The Morgan fingerprint density at radius 3 is 2.80 bits per heavy atom. The predicted octanol–water partition coefficient (Wildman–Crippen LogP) is 2.63. The summed E-state index contributed by atoms with van der Waals surface area (Å²) in [6.45, 7) is 0.596. The van der Waals surface area contributed by atoms with Gasteiger partial charge in [-0.1, -0.05) is 12.1 Å². The molecule has 2 aromatic rings. The number of aromatic nitrogens is 1. The van der Waals surface area contributed by atoms with E-state index in [4.69, 9.17) is 4.74 Å². The van der Waals surface area contributed by atoms with Gasteiger partial charge in [-0.25, -0.2) is 0 Å². The van der Waals surface area contributed by atoms with Crippen LogP contribution in [0.5, 0.6) is 0 Å². The van der Waals surface area contributed by atoms with Crippen molar-refractivity contribution >= 4 is 27.6 Å². The predicted molar refractivity (Wildman–Crippen MR) is 83.4 cm³/mol. The molecule has 1 aliphatic heterocycles. The van der Waals surface area contributed by atoms with Crippen LogP contribution in [0.15, 0.2) is 35.4 Å². The lowest BCUT2D eigenvalue weighted by Gasteiger charge is -2.03. The zero-order chi connectivity index (χ0) is 13.9. The van der Waals surface area contributed by atoms with E-state index in [-0.39, 0.29) is 12.4 Å². The highest BCUT2D eigenvalue weighted by Crippen LogP contribution is 2.31. The summed E-state index contributed by atoms with van der Waals surface area (Å²) >= 11 is 0. The van der Waals surface area contributed by atoms with Crippen molar-refractivity contribution in [3.63, 3.8) is 0 Å². The highest BCUT2D eigenvalue weighted by atomic mass is 32.2. The van der Waals surface area contributed by atoms with Crippen molar-refractivity contribution in [2.75, 3.05) is 25.2 Å². The molecule has 1 saturated heterocycles. The van der Waals surface area contributed by atoms with Gasteiger partial charge in [0, 0.05) is 18.0 Å². The Morgan fingerprint density at radius 1 is 1.30 bits per heavy atom. The third-order valence-electron chi connectivity index (χ3n) is 3.75. The van der Waals surface area contributed by atoms with E-state index in [1.54, 1.807) is 7.11 Å². The van der Waals surface area contributed by atoms with Crippen molar-refractivity contribution < 1.29 is 9.53 Å². The molecule has 0 bridgehead atoms. The average molecular weight is 290 g/mol. The number of para-hydroxylation sites is 1. The quantitative estimate of drug-likeness (QED) is 0.793. The van der Waals surface area contributed by atoms with E-state index in [0.717, 1.165) is 0 Å². The second-order valence-electron chi connectivity index (χ2n) is 5.22. The normalized spacial score (nSPS) is 16.1. The van der Waals surface area contributed by atoms with E-state index in [2.05, 4.69) is 29.0 Å². The Morgan fingerprint density at radius 2 is 2.05 bits per heavy atom. The minimum atomic E-state index is 0.120. The maximum Gasteiger partial charge on any atom is 0.180 e. The molecule has 1 aromatic carbocycles. The molecule has 0 amide bonds. The second kappa shape index (κ2) is 6.02. The standard InChI is InChI=1S/C16H20NO2S/c1-19-12-13(18)10-17-11-16(20-8-4-5-9-20)14-6-2-3-7-15(14)17/h2-3,6-7,11H,4-5,8-10,12H2,1H3/q+1.